The lowest BCUT2D eigenvalue weighted by Gasteiger charge is -2.32. The SMILES string of the molecule is CCc1ccc(NC(=O)C(=O)NCC2CCN(C(=O)c3cccnc3SC)CC2)cc1. The molecule has 3 amide bonds. The number of hydrogen-bond donors (Lipinski definition) is 2. The van der Waals surface area contributed by atoms with E-state index in [0.29, 0.717) is 30.9 Å². The fourth-order valence-corrected chi connectivity index (χ4v) is 4.10. The van der Waals surface area contributed by atoms with E-state index in [1.165, 1.54) is 17.3 Å². The molecule has 0 aliphatic carbocycles. The van der Waals surface area contributed by atoms with Crippen LogP contribution >= 0.6 is 11.8 Å². The van der Waals surface area contributed by atoms with E-state index in [4.69, 9.17) is 0 Å². The summed E-state index contributed by atoms with van der Waals surface area (Å²) in [4.78, 5) is 43.2. The first-order valence-corrected chi connectivity index (χ1v) is 11.7. The minimum absolute atomic E-state index is 0.00611. The summed E-state index contributed by atoms with van der Waals surface area (Å²) < 4.78 is 0. The number of benzene rings is 1. The molecule has 0 unspecified atom stereocenters. The zero-order chi connectivity index (χ0) is 22.2. The Labute approximate surface area is 187 Å². The van der Waals surface area contributed by atoms with Gasteiger partial charge < -0.3 is 15.5 Å². The third kappa shape index (κ3) is 6.07. The Balaban J connectivity index is 1.43. The summed E-state index contributed by atoms with van der Waals surface area (Å²) in [5.74, 6) is -1.08. The molecule has 0 saturated carbocycles. The van der Waals surface area contributed by atoms with Crippen molar-refractivity contribution in [1.82, 2.24) is 15.2 Å². The standard InChI is InChI=1S/C23H28N4O3S/c1-3-16-6-8-18(9-7-16)26-21(29)20(28)25-15-17-10-13-27(14-11-17)23(30)19-5-4-12-24-22(19)31-2/h4-9,12,17H,3,10-11,13-15H2,1-2H3,(H,25,28)(H,26,29). The summed E-state index contributed by atoms with van der Waals surface area (Å²) >= 11 is 1.46. The van der Waals surface area contributed by atoms with Crippen molar-refractivity contribution in [2.24, 2.45) is 5.92 Å². The average molecular weight is 441 g/mol. The summed E-state index contributed by atoms with van der Waals surface area (Å²) in [6.45, 7) is 3.73. The van der Waals surface area contributed by atoms with Crippen molar-refractivity contribution in [3.63, 3.8) is 0 Å². The number of hydrogen-bond acceptors (Lipinski definition) is 5. The number of carbonyl (C=O) groups is 3. The number of likely N-dealkylation sites (tertiary alicyclic amines) is 1. The van der Waals surface area contributed by atoms with E-state index in [2.05, 4.69) is 22.5 Å². The second-order valence-corrected chi connectivity index (χ2v) is 8.31. The number of aryl methyl sites for hydroxylation is 1. The number of thioether (sulfide) groups is 1. The van der Waals surface area contributed by atoms with Crippen LogP contribution in [0, 0.1) is 5.92 Å². The Bertz CT molecular complexity index is 925. The first kappa shape index (κ1) is 22.8. The van der Waals surface area contributed by atoms with Crippen LogP contribution in [0.4, 0.5) is 5.69 Å². The van der Waals surface area contributed by atoms with Crippen LogP contribution in [0.2, 0.25) is 0 Å². The molecule has 1 aromatic heterocycles. The molecule has 2 aromatic rings. The van der Waals surface area contributed by atoms with E-state index in [0.717, 1.165) is 24.3 Å². The Morgan fingerprint density at radius 2 is 1.81 bits per heavy atom. The van der Waals surface area contributed by atoms with Gasteiger partial charge in [-0.15, -0.1) is 11.8 Å². The van der Waals surface area contributed by atoms with Crippen LogP contribution in [0.3, 0.4) is 0 Å². The van der Waals surface area contributed by atoms with E-state index in [-0.39, 0.29) is 11.8 Å². The highest BCUT2D eigenvalue weighted by molar-refractivity contribution is 7.98. The Morgan fingerprint density at radius 3 is 2.45 bits per heavy atom. The van der Waals surface area contributed by atoms with Gasteiger partial charge in [-0.1, -0.05) is 19.1 Å². The van der Waals surface area contributed by atoms with Crippen LogP contribution in [-0.2, 0) is 16.0 Å². The number of nitrogens with zero attached hydrogens (tertiary/aromatic N) is 2. The maximum Gasteiger partial charge on any atom is 0.313 e. The molecule has 8 heteroatoms. The molecule has 0 spiro atoms. The molecule has 1 aromatic carbocycles. The second kappa shape index (κ2) is 10.9. The zero-order valence-electron chi connectivity index (χ0n) is 17.9. The maximum atomic E-state index is 12.8. The van der Waals surface area contributed by atoms with Crippen molar-refractivity contribution in [1.29, 1.82) is 0 Å². The minimum atomic E-state index is -0.668. The number of rotatable bonds is 6. The van der Waals surface area contributed by atoms with Gasteiger partial charge in [0.15, 0.2) is 0 Å². The van der Waals surface area contributed by atoms with Gasteiger partial charge in [-0.3, -0.25) is 14.4 Å². The van der Waals surface area contributed by atoms with Crippen LogP contribution in [0.5, 0.6) is 0 Å². The molecular weight excluding hydrogens is 412 g/mol. The number of pyridine rings is 1. The number of carbonyl (C=O) groups excluding carboxylic acids is 3. The van der Waals surface area contributed by atoms with E-state index >= 15 is 0 Å². The topological polar surface area (TPSA) is 91.4 Å². The van der Waals surface area contributed by atoms with Gasteiger partial charge in [0.05, 0.1) is 5.56 Å². The smallest absolute Gasteiger partial charge is 0.313 e. The molecule has 0 atom stereocenters. The summed E-state index contributed by atoms with van der Waals surface area (Å²) in [6, 6.07) is 11.0. The summed E-state index contributed by atoms with van der Waals surface area (Å²) in [7, 11) is 0. The van der Waals surface area contributed by atoms with Crippen LogP contribution in [0.15, 0.2) is 47.6 Å². The lowest BCUT2D eigenvalue weighted by atomic mass is 9.96. The third-order valence-electron chi connectivity index (χ3n) is 5.47. The largest absolute Gasteiger partial charge is 0.348 e. The molecule has 164 valence electrons. The van der Waals surface area contributed by atoms with E-state index in [1.807, 2.05) is 29.4 Å². The number of piperidine rings is 1. The van der Waals surface area contributed by atoms with Gasteiger partial charge in [0, 0.05) is 31.5 Å². The average Bonchev–Trinajstić information content (AvgIpc) is 2.82. The first-order valence-electron chi connectivity index (χ1n) is 10.5. The van der Waals surface area contributed by atoms with Gasteiger partial charge in [-0.05, 0) is 61.3 Å². The molecule has 1 saturated heterocycles. The first-order chi connectivity index (χ1) is 15.0. The van der Waals surface area contributed by atoms with Crippen molar-refractivity contribution in [2.45, 2.75) is 31.2 Å². The van der Waals surface area contributed by atoms with Crippen molar-refractivity contribution in [3.8, 4) is 0 Å². The summed E-state index contributed by atoms with van der Waals surface area (Å²) in [5, 5.41) is 6.07. The second-order valence-electron chi connectivity index (χ2n) is 7.51. The molecule has 2 heterocycles. The van der Waals surface area contributed by atoms with Crippen LogP contribution < -0.4 is 10.6 Å². The summed E-state index contributed by atoms with van der Waals surface area (Å²) in [6.07, 6.45) is 6.07. The lowest BCUT2D eigenvalue weighted by Crippen LogP contribution is -2.43. The van der Waals surface area contributed by atoms with Gasteiger partial charge in [-0.25, -0.2) is 4.98 Å². The molecule has 3 rings (SSSR count). The van der Waals surface area contributed by atoms with Gasteiger partial charge in [-0.2, -0.15) is 0 Å². The van der Waals surface area contributed by atoms with Gasteiger partial charge >= 0.3 is 11.8 Å². The highest BCUT2D eigenvalue weighted by Crippen LogP contribution is 2.22. The number of aromatic nitrogens is 1. The van der Waals surface area contributed by atoms with Gasteiger partial charge in [0.1, 0.15) is 5.03 Å². The van der Waals surface area contributed by atoms with Crippen LogP contribution in [-0.4, -0.2) is 53.5 Å². The molecule has 1 fully saturated rings. The quantitative estimate of drug-likeness (QED) is 0.532. The minimum Gasteiger partial charge on any atom is -0.348 e. The Hall–Kier alpha value is -2.87. The Morgan fingerprint density at radius 1 is 1.10 bits per heavy atom. The zero-order valence-corrected chi connectivity index (χ0v) is 18.7. The predicted octanol–water partition coefficient (Wildman–Crippen LogP) is 2.97. The van der Waals surface area contributed by atoms with E-state index in [9.17, 15) is 14.4 Å². The molecule has 7 nitrogen and oxygen atoms in total. The number of nitrogens with one attached hydrogen (secondary N) is 2. The highest BCUT2D eigenvalue weighted by atomic mass is 32.2. The highest BCUT2D eigenvalue weighted by Gasteiger charge is 2.26. The molecule has 0 bridgehead atoms. The molecule has 1 aliphatic rings. The predicted molar refractivity (Wildman–Crippen MR) is 122 cm³/mol. The molecule has 31 heavy (non-hydrogen) atoms. The van der Waals surface area contributed by atoms with Crippen molar-refractivity contribution >= 4 is 35.2 Å². The van der Waals surface area contributed by atoms with Gasteiger partial charge in [0.2, 0.25) is 0 Å². The Kier molecular flexibility index (Phi) is 8.06. The number of anilines is 1. The molecular formula is C23H28N4O3S. The van der Waals surface area contributed by atoms with Crippen LogP contribution in [0.25, 0.3) is 0 Å². The van der Waals surface area contributed by atoms with E-state index in [1.54, 1.807) is 24.4 Å². The third-order valence-corrected chi connectivity index (χ3v) is 6.19. The number of amides is 3. The van der Waals surface area contributed by atoms with Gasteiger partial charge in [0.25, 0.3) is 5.91 Å². The van der Waals surface area contributed by atoms with Crippen molar-refractivity contribution < 1.29 is 14.4 Å². The van der Waals surface area contributed by atoms with E-state index < -0.39 is 11.8 Å². The molecule has 2 N–H and O–H groups in total. The lowest BCUT2D eigenvalue weighted by molar-refractivity contribution is -0.136. The van der Waals surface area contributed by atoms with Crippen molar-refractivity contribution in [3.05, 3.63) is 53.7 Å². The van der Waals surface area contributed by atoms with Crippen LogP contribution in [0.1, 0.15) is 35.7 Å². The maximum absolute atomic E-state index is 12.8. The molecule has 0 radical (unpaired) electrons. The monoisotopic (exact) mass is 440 g/mol. The fourth-order valence-electron chi connectivity index (χ4n) is 3.56. The molecule has 1 aliphatic heterocycles. The fraction of sp³-hybridized carbons (Fsp3) is 0.391. The summed E-state index contributed by atoms with van der Waals surface area (Å²) in [5.41, 5.74) is 2.40. The van der Waals surface area contributed by atoms with Crippen molar-refractivity contribution in [2.75, 3.05) is 31.2 Å². The normalized spacial score (nSPS) is 14.2.